The predicted molar refractivity (Wildman–Crippen MR) is 65.7 cm³/mol. The van der Waals surface area contributed by atoms with Crippen molar-refractivity contribution in [2.75, 3.05) is 7.11 Å². The van der Waals surface area contributed by atoms with Crippen LogP contribution in [0, 0.1) is 11.7 Å². The summed E-state index contributed by atoms with van der Waals surface area (Å²) in [6.45, 7) is 4.14. The summed E-state index contributed by atoms with van der Waals surface area (Å²) in [5.74, 6) is 0.340. The minimum absolute atomic E-state index is 0.0749. The van der Waals surface area contributed by atoms with Gasteiger partial charge in [-0.15, -0.1) is 0 Å². The number of halogens is 1. The van der Waals surface area contributed by atoms with Gasteiger partial charge in [0, 0.05) is 12.8 Å². The summed E-state index contributed by atoms with van der Waals surface area (Å²) in [5.41, 5.74) is 0.415. The average molecular weight is 238 g/mol. The van der Waals surface area contributed by atoms with Crippen molar-refractivity contribution >= 4 is 5.78 Å². The van der Waals surface area contributed by atoms with Crippen molar-refractivity contribution in [3.8, 4) is 5.75 Å². The first-order valence-electron chi connectivity index (χ1n) is 5.87. The second-order valence-electron chi connectivity index (χ2n) is 4.58. The van der Waals surface area contributed by atoms with E-state index >= 15 is 0 Å². The number of ether oxygens (including phenoxy) is 1. The molecule has 0 spiro atoms. The van der Waals surface area contributed by atoms with Gasteiger partial charge in [-0.2, -0.15) is 0 Å². The fourth-order valence-electron chi connectivity index (χ4n) is 1.60. The number of hydrogen-bond donors (Lipinski definition) is 0. The number of ketones is 1. The largest absolute Gasteiger partial charge is 0.494 e. The van der Waals surface area contributed by atoms with Crippen molar-refractivity contribution in [3.63, 3.8) is 0 Å². The molecule has 94 valence electrons. The van der Waals surface area contributed by atoms with E-state index in [1.54, 1.807) is 18.2 Å². The first-order chi connectivity index (χ1) is 8.04. The van der Waals surface area contributed by atoms with Gasteiger partial charge >= 0.3 is 0 Å². The average Bonchev–Trinajstić information content (AvgIpc) is 2.29. The topological polar surface area (TPSA) is 26.3 Å². The van der Waals surface area contributed by atoms with E-state index in [1.807, 2.05) is 0 Å². The number of Topliss-reactive ketones (excluding diaryl/α,β-unsaturated/α-hetero) is 1. The lowest BCUT2D eigenvalue weighted by Crippen LogP contribution is -2.06. The molecule has 0 amide bonds. The molecule has 0 fully saturated rings. The highest BCUT2D eigenvalue weighted by atomic mass is 19.1. The lowest BCUT2D eigenvalue weighted by Gasteiger charge is -2.07. The summed E-state index contributed by atoms with van der Waals surface area (Å²) < 4.78 is 18.6. The highest BCUT2D eigenvalue weighted by Gasteiger charge is 2.12. The van der Waals surface area contributed by atoms with Gasteiger partial charge in [0.15, 0.2) is 11.6 Å². The Hall–Kier alpha value is -1.38. The van der Waals surface area contributed by atoms with Gasteiger partial charge in [-0.05, 0) is 24.0 Å². The van der Waals surface area contributed by atoms with Crippen molar-refractivity contribution in [2.24, 2.45) is 5.92 Å². The Bertz CT molecular complexity index is 386. The molecule has 2 nitrogen and oxygen atoms in total. The van der Waals surface area contributed by atoms with E-state index < -0.39 is 5.82 Å². The van der Waals surface area contributed by atoms with Crippen molar-refractivity contribution in [1.82, 2.24) is 0 Å². The monoisotopic (exact) mass is 238 g/mol. The molecule has 1 aromatic carbocycles. The van der Waals surface area contributed by atoms with Crippen LogP contribution in [0.1, 0.15) is 32.3 Å². The Balaban J connectivity index is 2.65. The maximum atomic E-state index is 13.8. The minimum atomic E-state index is -0.423. The third-order valence-corrected chi connectivity index (χ3v) is 2.65. The van der Waals surface area contributed by atoms with Gasteiger partial charge in [-0.25, -0.2) is 4.39 Å². The van der Waals surface area contributed by atoms with Gasteiger partial charge in [0.2, 0.25) is 0 Å². The van der Waals surface area contributed by atoms with Gasteiger partial charge in [0.05, 0.1) is 7.11 Å². The van der Waals surface area contributed by atoms with Crippen LogP contribution in [-0.2, 0) is 11.2 Å². The third kappa shape index (κ3) is 4.17. The van der Waals surface area contributed by atoms with Crippen LogP contribution in [0.5, 0.6) is 5.75 Å². The second-order valence-corrected chi connectivity index (χ2v) is 4.58. The summed E-state index contributed by atoms with van der Waals surface area (Å²) in [6, 6.07) is 4.88. The number of hydrogen-bond acceptors (Lipinski definition) is 2. The zero-order valence-electron chi connectivity index (χ0n) is 10.6. The van der Waals surface area contributed by atoms with Crippen LogP contribution < -0.4 is 4.74 Å². The van der Waals surface area contributed by atoms with Crippen LogP contribution >= 0.6 is 0 Å². The lowest BCUT2D eigenvalue weighted by molar-refractivity contribution is -0.118. The molecule has 0 bridgehead atoms. The van der Waals surface area contributed by atoms with E-state index in [9.17, 15) is 9.18 Å². The molecule has 3 heteroatoms. The lowest BCUT2D eigenvalue weighted by atomic mass is 10.0. The molecule has 0 aliphatic rings. The molecular formula is C14H19FO2. The Labute approximate surface area is 102 Å². The zero-order chi connectivity index (χ0) is 12.8. The number of benzene rings is 1. The molecule has 0 heterocycles. The van der Waals surface area contributed by atoms with Crippen molar-refractivity contribution in [3.05, 3.63) is 29.6 Å². The molecule has 0 radical (unpaired) electrons. The number of rotatable bonds is 6. The molecule has 1 rings (SSSR count). The number of carbonyl (C=O) groups is 1. The Morgan fingerprint density at radius 3 is 2.71 bits per heavy atom. The molecule has 0 aliphatic heterocycles. The smallest absolute Gasteiger partial charge is 0.168 e. The Morgan fingerprint density at radius 1 is 1.41 bits per heavy atom. The number of methoxy groups -OCH3 is 1. The van der Waals surface area contributed by atoms with Crippen molar-refractivity contribution in [2.45, 2.75) is 33.1 Å². The van der Waals surface area contributed by atoms with Gasteiger partial charge in [0.1, 0.15) is 5.78 Å². The molecule has 17 heavy (non-hydrogen) atoms. The van der Waals surface area contributed by atoms with E-state index in [-0.39, 0.29) is 18.0 Å². The Morgan fingerprint density at radius 2 is 2.12 bits per heavy atom. The van der Waals surface area contributed by atoms with Crippen molar-refractivity contribution < 1.29 is 13.9 Å². The first-order valence-corrected chi connectivity index (χ1v) is 5.87. The molecule has 0 aliphatic carbocycles. The summed E-state index contributed by atoms with van der Waals surface area (Å²) >= 11 is 0. The highest BCUT2D eigenvalue weighted by molar-refractivity contribution is 5.81. The summed E-state index contributed by atoms with van der Waals surface area (Å²) in [5, 5.41) is 0. The molecule has 0 aromatic heterocycles. The Kier molecular flexibility index (Phi) is 5.13. The first kappa shape index (κ1) is 13.7. The second kappa shape index (κ2) is 6.38. The molecule has 0 saturated heterocycles. The molecule has 0 N–H and O–H groups in total. The van der Waals surface area contributed by atoms with Crippen LogP contribution in [-0.4, -0.2) is 12.9 Å². The molecular weight excluding hydrogens is 219 g/mol. The summed E-state index contributed by atoms with van der Waals surface area (Å²) in [6.07, 6.45) is 1.51. The van der Waals surface area contributed by atoms with E-state index in [0.29, 0.717) is 17.9 Å². The normalized spacial score (nSPS) is 10.6. The van der Waals surface area contributed by atoms with Crippen LogP contribution in [0.4, 0.5) is 4.39 Å². The fourth-order valence-corrected chi connectivity index (χ4v) is 1.60. The highest BCUT2D eigenvalue weighted by Crippen LogP contribution is 2.21. The number of carbonyl (C=O) groups excluding carboxylic acids is 1. The van der Waals surface area contributed by atoms with Gasteiger partial charge < -0.3 is 4.74 Å². The van der Waals surface area contributed by atoms with E-state index in [1.165, 1.54) is 7.11 Å². The van der Waals surface area contributed by atoms with Crippen LogP contribution in [0.3, 0.4) is 0 Å². The SMILES string of the molecule is COc1cccc(CC(=O)CCC(C)C)c1F. The van der Waals surface area contributed by atoms with Gasteiger partial charge in [0.25, 0.3) is 0 Å². The van der Waals surface area contributed by atoms with Gasteiger partial charge in [-0.3, -0.25) is 4.79 Å². The quantitative estimate of drug-likeness (QED) is 0.759. The summed E-state index contributed by atoms with van der Waals surface area (Å²) in [4.78, 5) is 11.7. The zero-order valence-corrected chi connectivity index (χ0v) is 10.6. The summed E-state index contributed by atoms with van der Waals surface area (Å²) in [7, 11) is 1.42. The maximum absolute atomic E-state index is 13.8. The van der Waals surface area contributed by atoms with Crippen LogP contribution in [0.25, 0.3) is 0 Å². The standard InChI is InChI=1S/C14H19FO2/c1-10(2)7-8-12(16)9-11-5-4-6-13(17-3)14(11)15/h4-6,10H,7-9H2,1-3H3. The van der Waals surface area contributed by atoms with Crippen LogP contribution in [0.15, 0.2) is 18.2 Å². The van der Waals surface area contributed by atoms with E-state index in [0.717, 1.165) is 6.42 Å². The molecule has 1 aromatic rings. The third-order valence-electron chi connectivity index (χ3n) is 2.65. The molecule has 0 atom stereocenters. The van der Waals surface area contributed by atoms with E-state index in [2.05, 4.69) is 13.8 Å². The minimum Gasteiger partial charge on any atom is -0.494 e. The van der Waals surface area contributed by atoms with Gasteiger partial charge in [-0.1, -0.05) is 26.0 Å². The maximum Gasteiger partial charge on any atom is 0.168 e. The van der Waals surface area contributed by atoms with E-state index in [4.69, 9.17) is 4.74 Å². The fraction of sp³-hybridized carbons (Fsp3) is 0.500. The van der Waals surface area contributed by atoms with Crippen LogP contribution in [0.2, 0.25) is 0 Å². The molecule has 0 unspecified atom stereocenters. The molecule has 0 saturated carbocycles. The predicted octanol–water partition coefficient (Wildman–Crippen LogP) is 3.38. The van der Waals surface area contributed by atoms with Crippen molar-refractivity contribution in [1.29, 1.82) is 0 Å².